The van der Waals surface area contributed by atoms with Crippen molar-refractivity contribution in [1.29, 1.82) is 0 Å². The molecule has 0 saturated carbocycles. The summed E-state index contributed by atoms with van der Waals surface area (Å²) in [6, 6.07) is 8.97. The third-order valence-electron chi connectivity index (χ3n) is 2.84. The SMILES string of the molecule is CC(CCN(C)C)NC(=O)[C@@H](N)c1ccccc1. The lowest BCUT2D eigenvalue weighted by Crippen LogP contribution is -2.40. The van der Waals surface area contributed by atoms with E-state index in [1.165, 1.54) is 0 Å². The van der Waals surface area contributed by atoms with Crippen LogP contribution in [-0.2, 0) is 4.79 Å². The molecule has 1 unspecified atom stereocenters. The van der Waals surface area contributed by atoms with E-state index >= 15 is 0 Å². The van der Waals surface area contributed by atoms with Crippen molar-refractivity contribution in [3.05, 3.63) is 35.9 Å². The Kier molecular flexibility index (Phi) is 5.82. The van der Waals surface area contributed by atoms with Crippen molar-refractivity contribution < 1.29 is 4.79 Å². The number of hydrogen-bond donors (Lipinski definition) is 2. The molecule has 0 aliphatic rings. The molecule has 0 spiro atoms. The van der Waals surface area contributed by atoms with Crippen LogP contribution in [0.3, 0.4) is 0 Å². The molecule has 18 heavy (non-hydrogen) atoms. The van der Waals surface area contributed by atoms with Crippen LogP contribution in [0.25, 0.3) is 0 Å². The highest BCUT2D eigenvalue weighted by Crippen LogP contribution is 2.09. The van der Waals surface area contributed by atoms with Crippen LogP contribution in [0.4, 0.5) is 0 Å². The summed E-state index contributed by atoms with van der Waals surface area (Å²) in [6.07, 6.45) is 0.917. The first-order valence-electron chi connectivity index (χ1n) is 6.26. The molecule has 0 aliphatic heterocycles. The first-order chi connectivity index (χ1) is 8.50. The van der Waals surface area contributed by atoms with Gasteiger partial charge in [0, 0.05) is 6.04 Å². The number of benzene rings is 1. The number of rotatable bonds is 6. The van der Waals surface area contributed by atoms with E-state index in [0.717, 1.165) is 18.5 Å². The van der Waals surface area contributed by atoms with Gasteiger partial charge in [0.05, 0.1) is 0 Å². The lowest BCUT2D eigenvalue weighted by molar-refractivity contribution is -0.123. The lowest BCUT2D eigenvalue weighted by Gasteiger charge is -2.19. The Labute approximate surface area is 109 Å². The highest BCUT2D eigenvalue weighted by Gasteiger charge is 2.17. The van der Waals surface area contributed by atoms with Crippen molar-refractivity contribution >= 4 is 5.91 Å². The normalized spacial score (nSPS) is 14.3. The van der Waals surface area contributed by atoms with Gasteiger partial charge in [-0.1, -0.05) is 30.3 Å². The van der Waals surface area contributed by atoms with Crippen molar-refractivity contribution in [2.45, 2.75) is 25.4 Å². The summed E-state index contributed by atoms with van der Waals surface area (Å²) in [4.78, 5) is 14.0. The molecule has 1 aromatic rings. The number of carbonyl (C=O) groups excluding carboxylic acids is 1. The number of nitrogens with two attached hydrogens (primary N) is 1. The van der Waals surface area contributed by atoms with Crippen LogP contribution in [0.1, 0.15) is 24.9 Å². The van der Waals surface area contributed by atoms with Crippen LogP contribution in [0.5, 0.6) is 0 Å². The molecule has 1 rings (SSSR count). The van der Waals surface area contributed by atoms with Gasteiger partial charge in [0.1, 0.15) is 6.04 Å². The molecule has 0 fully saturated rings. The van der Waals surface area contributed by atoms with E-state index < -0.39 is 6.04 Å². The maximum atomic E-state index is 11.9. The Morgan fingerprint density at radius 2 is 1.94 bits per heavy atom. The maximum absolute atomic E-state index is 11.9. The number of hydrogen-bond acceptors (Lipinski definition) is 3. The molecule has 0 heterocycles. The standard InChI is InChI=1S/C14H23N3O/c1-11(9-10-17(2)3)16-14(18)13(15)12-7-5-4-6-8-12/h4-8,11,13H,9-10,15H2,1-3H3,(H,16,18)/t11?,13-/m0/s1. The van der Waals surface area contributed by atoms with E-state index in [1.54, 1.807) is 0 Å². The second-order valence-corrected chi connectivity index (χ2v) is 4.89. The Balaban J connectivity index is 2.45. The van der Waals surface area contributed by atoms with Gasteiger partial charge in [0.25, 0.3) is 0 Å². The number of carbonyl (C=O) groups is 1. The van der Waals surface area contributed by atoms with E-state index in [0.29, 0.717) is 0 Å². The fourth-order valence-electron chi connectivity index (χ4n) is 1.67. The first-order valence-corrected chi connectivity index (χ1v) is 6.26. The molecule has 2 atom stereocenters. The zero-order chi connectivity index (χ0) is 13.5. The van der Waals surface area contributed by atoms with E-state index in [9.17, 15) is 4.79 Å². The maximum Gasteiger partial charge on any atom is 0.241 e. The first kappa shape index (κ1) is 14.7. The van der Waals surface area contributed by atoms with E-state index in [4.69, 9.17) is 5.73 Å². The molecule has 0 aromatic heterocycles. The highest BCUT2D eigenvalue weighted by atomic mass is 16.2. The Hall–Kier alpha value is -1.39. The zero-order valence-electron chi connectivity index (χ0n) is 11.4. The van der Waals surface area contributed by atoms with Gasteiger partial charge in [0.15, 0.2) is 0 Å². The van der Waals surface area contributed by atoms with Crippen LogP contribution in [-0.4, -0.2) is 37.5 Å². The molecule has 3 N–H and O–H groups in total. The smallest absolute Gasteiger partial charge is 0.241 e. The minimum absolute atomic E-state index is 0.118. The third kappa shape index (κ3) is 4.85. The van der Waals surface area contributed by atoms with Gasteiger partial charge in [-0.25, -0.2) is 0 Å². The molecule has 1 amide bonds. The quantitative estimate of drug-likeness (QED) is 0.795. The van der Waals surface area contributed by atoms with Gasteiger partial charge in [-0.2, -0.15) is 0 Å². The summed E-state index contributed by atoms with van der Waals surface area (Å²) in [6.45, 7) is 2.95. The molecular formula is C14H23N3O. The molecule has 4 nitrogen and oxygen atoms in total. The number of nitrogens with zero attached hydrogens (tertiary/aromatic N) is 1. The van der Waals surface area contributed by atoms with Crippen LogP contribution < -0.4 is 11.1 Å². The summed E-state index contributed by atoms with van der Waals surface area (Å²) in [5, 5.41) is 2.94. The summed E-state index contributed by atoms with van der Waals surface area (Å²) in [7, 11) is 4.04. The molecular weight excluding hydrogens is 226 g/mol. The molecule has 0 radical (unpaired) electrons. The van der Waals surface area contributed by atoms with Gasteiger partial charge in [-0.05, 0) is 39.5 Å². The van der Waals surface area contributed by atoms with Gasteiger partial charge >= 0.3 is 0 Å². The van der Waals surface area contributed by atoms with Crippen molar-refractivity contribution in [1.82, 2.24) is 10.2 Å². The van der Waals surface area contributed by atoms with Crippen LogP contribution in [0, 0.1) is 0 Å². The summed E-state index contributed by atoms with van der Waals surface area (Å²) < 4.78 is 0. The van der Waals surface area contributed by atoms with E-state index in [2.05, 4.69) is 10.2 Å². The number of amides is 1. The molecule has 0 aliphatic carbocycles. The lowest BCUT2D eigenvalue weighted by atomic mass is 10.1. The van der Waals surface area contributed by atoms with Gasteiger partial charge in [-0.3, -0.25) is 4.79 Å². The zero-order valence-corrected chi connectivity index (χ0v) is 11.4. The van der Waals surface area contributed by atoms with Crippen LogP contribution in [0.15, 0.2) is 30.3 Å². The summed E-state index contributed by atoms with van der Waals surface area (Å²) >= 11 is 0. The predicted octanol–water partition coefficient (Wildman–Crippen LogP) is 1.14. The summed E-state index contributed by atoms with van der Waals surface area (Å²) in [5.74, 6) is -0.118. The van der Waals surface area contributed by atoms with Gasteiger partial charge in [-0.15, -0.1) is 0 Å². The van der Waals surface area contributed by atoms with Crippen LogP contribution in [0.2, 0.25) is 0 Å². The van der Waals surface area contributed by atoms with E-state index in [1.807, 2.05) is 51.4 Å². The molecule has 4 heteroatoms. The Bertz CT molecular complexity index is 365. The molecule has 0 saturated heterocycles. The van der Waals surface area contributed by atoms with Crippen molar-refractivity contribution in [3.63, 3.8) is 0 Å². The topological polar surface area (TPSA) is 58.4 Å². The summed E-state index contributed by atoms with van der Waals surface area (Å²) in [5.41, 5.74) is 6.76. The predicted molar refractivity (Wildman–Crippen MR) is 74.1 cm³/mol. The second kappa shape index (κ2) is 7.13. The molecule has 0 bridgehead atoms. The van der Waals surface area contributed by atoms with Gasteiger partial charge in [0.2, 0.25) is 5.91 Å². The average molecular weight is 249 g/mol. The largest absolute Gasteiger partial charge is 0.352 e. The second-order valence-electron chi connectivity index (χ2n) is 4.89. The van der Waals surface area contributed by atoms with Crippen molar-refractivity contribution in [2.75, 3.05) is 20.6 Å². The highest BCUT2D eigenvalue weighted by molar-refractivity contribution is 5.83. The minimum Gasteiger partial charge on any atom is -0.352 e. The molecule has 1 aromatic carbocycles. The molecule has 100 valence electrons. The number of nitrogens with one attached hydrogen (secondary N) is 1. The fourth-order valence-corrected chi connectivity index (χ4v) is 1.67. The van der Waals surface area contributed by atoms with Crippen molar-refractivity contribution in [2.24, 2.45) is 5.73 Å². The third-order valence-corrected chi connectivity index (χ3v) is 2.84. The average Bonchev–Trinajstić information content (AvgIpc) is 2.36. The monoisotopic (exact) mass is 249 g/mol. The van der Waals surface area contributed by atoms with Crippen LogP contribution >= 0.6 is 0 Å². The van der Waals surface area contributed by atoms with Gasteiger partial charge < -0.3 is 16.0 Å². The van der Waals surface area contributed by atoms with E-state index in [-0.39, 0.29) is 11.9 Å². The Morgan fingerprint density at radius 1 is 1.33 bits per heavy atom. The minimum atomic E-state index is -0.590. The van der Waals surface area contributed by atoms with Crippen molar-refractivity contribution in [3.8, 4) is 0 Å². The Morgan fingerprint density at radius 3 is 2.50 bits per heavy atom. The fraction of sp³-hybridized carbons (Fsp3) is 0.500.